The summed E-state index contributed by atoms with van der Waals surface area (Å²) in [5, 5.41) is 13.3. The molecule has 4 N–H and O–H groups in total. The van der Waals surface area contributed by atoms with Gasteiger partial charge in [-0.1, -0.05) is 23.7 Å². The Hall–Kier alpha value is -0.830. The highest BCUT2D eigenvalue weighted by Crippen LogP contribution is 2.28. The largest absolute Gasteiger partial charge is 0.386 e. The van der Waals surface area contributed by atoms with Gasteiger partial charge in [0, 0.05) is 10.6 Å². The Labute approximate surface area is 168 Å². The Morgan fingerprint density at radius 1 is 1.29 bits per heavy atom. The van der Waals surface area contributed by atoms with Crippen LogP contribution in [0.3, 0.4) is 0 Å². The number of halogens is 2. The van der Waals surface area contributed by atoms with Crippen LogP contribution in [0.5, 0.6) is 0 Å². The van der Waals surface area contributed by atoms with Crippen molar-refractivity contribution in [3.8, 4) is 0 Å². The number of hydrogen-bond acceptors (Lipinski definition) is 3. The maximum absolute atomic E-state index is 10.1. The number of guanidine groups is 1. The lowest BCUT2D eigenvalue weighted by atomic mass is 9.90. The molecule has 24 heavy (non-hydrogen) atoms. The number of aryl methyl sites for hydroxylation is 1. The zero-order chi connectivity index (χ0) is 16.2. The van der Waals surface area contributed by atoms with Crippen LogP contribution in [-0.2, 0) is 12.8 Å². The lowest BCUT2D eigenvalue weighted by Gasteiger charge is -2.20. The van der Waals surface area contributed by atoms with Gasteiger partial charge in [0.2, 0.25) is 0 Å². The molecule has 0 amide bonds. The molecule has 0 aliphatic heterocycles. The molecular formula is C17H21ClIN3OS. The summed E-state index contributed by atoms with van der Waals surface area (Å²) in [6, 6.07) is 9.83. The molecule has 3 rings (SSSR count). The minimum absolute atomic E-state index is 0. The molecule has 0 bridgehead atoms. The van der Waals surface area contributed by atoms with Gasteiger partial charge in [-0.25, -0.2) is 0 Å². The van der Waals surface area contributed by atoms with E-state index in [0.29, 0.717) is 10.3 Å². The molecule has 1 aromatic carbocycles. The van der Waals surface area contributed by atoms with E-state index < -0.39 is 6.10 Å². The summed E-state index contributed by atoms with van der Waals surface area (Å²) < 4.78 is 0.657. The lowest BCUT2D eigenvalue weighted by Crippen LogP contribution is -2.25. The smallest absolute Gasteiger partial charge is 0.193 e. The Kier molecular flexibility index (Phi) is 7.34. The van der Waals surface area contributed by atoms with Gasteiger partial charge in [0.25, 0.3) is 0 Å². The molecule has 1 atom stereocenters. The first-order valence-corrected chi connectivity index (χ1v) is 8.94. The number of thiophene rings is 1. The molecule has 0 saturated carbocycles. The van der Waals surface area contributed by atoms with Gasteiger partial charge in [-0.3, -0.25) is 4.99 Å². The summed E-state index contributed by atoms with van der Waals surface area (Å²) >= 11 is 7.23. The van der Waals surface area contributed by atoms with Gasteiger partial charge >= 0.3 is 0 Å². The molecule has 1 aromatic heterocycles. The second kappa shape index (κ2) is 9.03. The fraction of sp³-hybridized carbons (Fsp3) is 0.353. The second-order valence-corrected chi connectivity index (χ2v) is 7.41. The fourth-order valence-corrected chi connectivity index (χ4v) is 3.90. The van der Waals surface area contributed by atoms with Crippen molar-refractivity contribution in [1.29, 1.82) is 0 Å². The van der Waals surface area contributed by atoms with Crippen LogP contribution in [0.4, 0.5) is 5.69 Å². The van der Waals surface area contributed by atoms with E-state index in [1.54, 1.807) is 6.07 Å². The van der Waals surface area contributed by atoms with Crippen LogP contribution in [0.25, 0.3) is 0 Å². The Balaban J connectivity index is 0.00000208. The zero-order valence-electron chi connectivity index (χ0n) is 13.2. The van der Waals surface area contributed by atoms with Gasteiger partial charge in [0.1, 0.15) is 6.10 Å². The molecule has 1 heterocycles. The molecule has 1 unspecified atom stereocenters. The maximum Gasteiger partial charge on any atom is 0.193 e. The quantitative estimate of drug-likeness (QED) is 0.348. The number of hydrogen-bond donors (Lipinski definition) is 3. The van der Waals surface area contributed by atoms with Crippen molar-refractivity contribution in [2.24, 2.45) is 10.7 Å². The molecule has 0 fully saturated rings. The van der Waals surface area contributed by atoms with Crippen molar-refractivity contribution in [2.45, 2.75) is 31.8 Å². The molecule has 2 aromatic rings. The van der Waals surface area contributed by atoms with E-state index in [1.165, 1.54) is 35.3 Å². The standard InChI is InChI=1S/C17H20ClN3OS.HI/c18-16-9-8-15(23-16)14(22)10-20-17(19)21-13-7-3-5-11-4-1-2-6-12(11)13;/h3,5,7-9,14,22H,1-2,4,6,10H2,(H3,19,20,21);1H. The molecule has 0 spiro atoms. The second-order valence-electron chi connectivity index (χ2n) is 5.66. The summed E-state index contributed by atoms with van der Waals surface area (Å²) in [7, 11) is 0. The van der Waals surface area contributed by atoms with Crippen LogP contribution in [0.1, 0.15) is 34.9 Å². The van der Waals surface area contributed by atoms with Crippen molar-refractivity contribution in [1.82, 2.24) is 0 Å². The third kappa shape index (κ3) is 4.84. The molecule has 130 valence electrons. The van der Waals surface area contributed by atoms with E-state index >= 15 is 0 Å². The lowest BCUT2D eigenvalue weighted by molar-refractivity contribution is 0.191. The van der Waals surface area contributed by atoms with E-state index in [2.05, 4.69) is 16.4 Å². The van der Waals surface area contributed by atoms with E-state index in [0.717, 1.165) is 23.4 Å². The van der Waals surface area contributed by atoms with Crippen molar-refractivity contribution in [3.63, 3.8) is 0 Å². The summed E-state index contributed by atoms with van der Waals surface area (Å²) in [5.41, 5.74) is 9.73. The third-order valence-corrected chi connectivity index (χ3v) is 5.35. The average Bonchev–Trinajstić information content (AvgIpc) is 2.99. The van der Waals surface area contributed by atoms with E-state index in [-0.39, 0.29) is 30.5 Å². The summed E-state index contributed by atoms with van der Waals surface area (Å²) in [5.74, 6) is 0.325. The molecular weight excluding hydrogens is 457 g/mol. The number of aliphatic hydroxyl groups excluding tert-OH is 1. The number of aliphatic hydroxyl groups is 1. The van der Waals surface area contributed by atoms with Gasteiger partial charge in [-0.2, -0.15) is 0 Å². The zero-order valence-corrected chi connectivity index (χ0v) is 17.1. The SMILES string of the molecule is I.NC(=NCC(O)c1ccc(Cl)s1)Nc1cccc2c1CCCC2. The first-order chi connectivity index (χ1) is 11.1. The Morgan fingerprint density at radius 2 is 2.08 bits per heavy atom. The van der Waals surface area contributed by atoms with Gasteiger partial charge in [0.05, 0.1) is 10.9 Å². The Morgan fingerprint density at radius 3 is 2.83 bits per heavy atom. The van der Waals surface area contributed by atoms with Crippen LogP contribution < -0.4 is 11.1 Å². The number of aliphatic imine (C=N–C) groups is 1. The topological polar surface area (TPSA) is 70.6 Å². The first kappa shape index (κ1) is 19.5. The molecule has 0 saturated heterocycles. The molecule has 7 heteroatoms. The number of nitrogens with two attached hydrogens (primary N) is 1. The highest BCUT2D eigenvalue weighted by molar-refractivity contribution is 14.0. The number of nitrogens with zero attached hydrogens (tertiary/aromatic N) is 1. The highest BCUT2D eigenvalue weighted by Gasteiger charge is 2.14. The van der Waals surface area contributed by atoms with Crippen LogP contribution in [0, 0.1) is 0 Å². The van der Waals surface area contributed by atoms with Crippen LogP contribution in [0.15, 0.2) is 35.3 Å². The molecule has 0 radical (unpaired) electrons. The minimum atomic E-state index is -0.683. The normalized spacial score (nSPS) is 15.3. The number of nitrogens with one attached hydrogen (secondary N) is 1. The molecule has 4 nitrogen and oxygen atoms in total. The van der Waals surface area contributed by atoms with Gasteiger partial charge < -0.3 is 16.2 Å². The average molecular weight is 478 g/mol. The van der Waals surface area contributed by atoms with E-state index in [1.807, 2.05) is 18.2 Å². The van der Waals surface area contributed by atoms with Crippen molar-refractivity contribution >= 4 is 58.6 Å². The summed E-state index contributed by atoms with van der Waals surface area (Å²) in [4.78, 5) is 5.05. The van der Waals surface area contributed by atoms with Crippen molar-refractivity contribution in [3.05, 3.63) is 50.7 Å². The number of benzene rings is 1. The van der Waals surface area contributed by atoms with Crippen molar-refractivity contribution < 1.29 is 5.11 Å². The van der Waals surface area contributed by atoms with E-state index in [9.17, 15) is 5.11 Å². The Bertz CT molecular complexity index is 720. The third-order valence-electron chi connectivity index (χ3n) is 4.02. The number of rotatable bonds is 4. The van der Waals surface area contributed by atoms with Crippen molar-refractivity contribution in [2.75, 3.05) is 11.9 Å². The number of anilines is 1. The van der Waals surface area contributed by atoms with Crippen LogP contribution in [0.2, 0.25) is 4.34 Å². The van der Waals surface area contributed by atoms with Crippen LogP contribution >= 0.6 is 46.9 Å². The predicted molar refractivity (Wildman–Crippen MR) is 113 cm³/mol. The molecule has 1 aliphatic rings. The summed E-state index contributed by atoms with van der Waals surface area (Å²) in [6.07, 6.45) is 3.97. The monoisotopic (exact) mass is 477 g/mol. The number of fused-ring (bicyclic) bond motifs is 1. The predicted octanol–water partition coefficient (Wildman–Crippen LogP) is 4.36. The van der Waals surface area contributed by atoms with Crippen LogP contribution in [-0.4, -0.2) is 17.6 Å². The maximum atomic E-state index is 10.1. The fourth-order valence-electron chi connectivity index (χ4n) is 2.86. The minimum Gasteiger partial charge on any atom is -0.386 e. The van der Waals surface area contributed by atoms with Gasteiger partial charge in [-0.15, -0.1) is 35.3 Å². The van der Waals surface area contributed by atoms with Gasteiger partial charge in [0.15, 0.2) is 5.96 Å². The first-order valence-electron chi connectivity index (χ1n) is 7.74. The molecule has 1 aliphatic carbocycles. The van der Waals surface area contributed by atoms with E-state index in [4.69, 9.17) is 17.3 Å². The summed E-state index contributed by atoms with van der Waals surface area (Å²) in [6.45, 7) is 0.213. The van der Waals surface area contributed by atoms with Gasteiger partial charge in [-0.05, 0) is 55.0 Å². The highest BCUT2D eigenvalue weighted by atomic mass is 127.